The highest BCUT2D eigenvalue weighted by Crippen LogP contribution is 2.39. The standard InChI is InChI=1S/C60H72N10O10S2/c1-34(2)50(59(79)80)69-57(77)49-33-81-82-60(3,4)51(70-52(72)43(62)30-38-18-12-17-37-16-8-9-19-41(37)38)58(78)67-47(28-35-14-6-5-7-15-35)54(74)66-48(31-39-32-63-44-21-11-10-20-42(39)44)56(76)64-45(22-13-27-61)53(73)65-46(55(75)68-49)29-36-23-25-40(71)26-24-36/h5-12,14-21,23-26,32,34,43,45-51,63,71H,13,22,27-31,33,61-62H2,1-4H3,(H,64,76)(H,65,73)(H,66,74)(H,67,78)(H,68,75)(H,69,77)(H,70,72)(H,79,80)/t43-,45-,46-,47-,48+,49-,50-,51-/m0/s1. The lowest BCUT2D eigenvalue weighted by Crippen LogP contribution is -2.63. The highest BCUT2D eigenvalue weighted by Gasteiger charge is 2.42. The zero-order chi connectivity index (χ0) is 59.1. The normalized spacial score (nSPS) is 21.2. The third-order valence-electron chi connectivity index (χ3n) is 14.3. The van der Waals surface area contributed by atoms with Crippen LogP contribution in [0.4, 0.5) is 0 Å². The first-order valence-electron chi connectivity index (χ1n) is 27.2. The zero-order valence-corrected chi connectivity index (χ0v) is 47.7. The van der Waals surface area contributed by atoms with Gasteiger partial charge in [-0.15, -0.1) is 0 Å². The van der Waals surface area contributed by atoms with E-state index < -0.39 is 106 Å². The van der Waals surface area contributed by atoms with Crippen LogP contribution in [0.5, 0.6) is 5.75 Å². The molecule has 0 aliphatic carbocycles. The maximum absolute atomic E-state index is 15.2. The van der Waals surface area contributed by atoms with Gasteiger partial charge in [0, 0.05) is 46.9 Å². The number of H-pyrrole nitrogens is 1. The second-order valence-electron chi connectivity index (χ2n) is 21.3. The van der Waals surface area contributed by atoms with Gasteiger partial charge in [0.2, 0.25) is 41.4 Å². The summed E-state index contributed by atoms with van der Waals surface area (Å²) in [6.45, 7) is 6.66. The summed E-state index contributed by atoms with van der Waals surface area (Å²) in [5.41, 5.74) is 16.0. The lowest BCUT2D eigenvalue weighted by Gasteiger charge is -2.35. The molecule has 7 rings (SSSR count). The predicted molar refractivity (Wildman–Crippen MR) is 318 cm³/mol. The Labute approximate surface area is 483 Å². The molecule has 434 valence electrons. The molecule has 7 amide bonds. The van der Waals surface area contributed by atoms with Crippen LogP contribution in [-0.4, -0.2) is 128 Å². The quantitative estimate of drug-likeness (QED) is 0.0580. The fourth-order valence-corrected chi connectivity index (χ4v) is 12.5. The number of nitrogens with one attached hydrogen (secondary N) is 8. The molecule has 0 radical (unpaired) electrons. The van der Waals surface area contributed by atoms with Gasteiger partial charge in [0.25, 0.3) is 0 Å². The van der Waals surface area contributed by atoms with Gasteiger partial charge in [-0.1, -0.05) is 139 Å². The molecule has 82 heavy (non-hydrogen) atoms. The van der Waals surface area contributed by atoms with Gasteiger partial charge >= 0.3 is 5.97 Å². The number of aliphatic carboxylic acids is 1. The van der Waals surface area contributed by atoms with Gasteiger partial charge in [-0.2, -0.15) is 0 Å². The van der Waals surface area contributed by atoms with E-state index in [0.717, 1.165) is 48.8 Å². The van der Waals surface area contributed by atoms with Crippen molar-refractivity contribution in [1.82, 2.24) is 42.2 Å². The van der Waals surface area contributed by atoms with Gasteiger partial charge in [-0.25, -0.2) is 4.79 Å². The monoisotopic (exact) mass is 1160 g/mol. The van der Waals surface area contributed by atoms with Crippen molar-refractivity contribution < 1.29 is 48.6 Å². The summed E-state index contributed by atoms with van der Waals surface area (Å²) in [6, 6.07) is 24.5. The minimum absolute atomic E-state index is 0.0127. The smallest absolute Gasteiger partial charge is 0.326 e. The molecule has 1 saturated heterocycles. The number of benzene rings is 5. The fraction of sp³-hybridized carbons (Fsp3) is 0.367. The van der Waals surface area contributed by atoms with E-state index in [1.165, 1.54) is 12.1 Å². The minimum Gasteiger partial charge on any atom is -0.508 e. The number of aromatic amines is 1. The van der Waals surface area contributed by atoms with Gasteiger partial charge < -0.3 is 63.9 Å². The first-order valence-corrected chi connectivity index (χ1v) is 29.5. The summed E-state index contributed by atoms with van der Waals surface area (Å²) in [7, 11) is 2.10. The number of hydrogen-bond donors (Lipinski definition) is 12. The molecule has 0 spiro atoms. The van der Waals surface area contributed by atoms with E-state index in [1.807, 2.05) is 66.7 Å². The summed E-state index contributed by atoms with van der Waals surface area (Å²) in [5.74, 6) is -7.79. The summed E-state index contributed by atoms with van der Waals surface area (Å²) >= 11 is 0. The lowest BCUT2D eigenvalue weighted by molar-refractivity contribution is -0.143. The van der Waals surface area contributed by atoms with Crippen molar-refractivity contribution in [3.8, 4) is 5.75 Å². The first kappa shape index (κ1) is 61.7. The number of phenols is 1. The molecule has 22 heteroatoms. The molecule has 6 aromatic rings. The highest BCUT2D eigenvalue weighted by molar-refractivity contribution is 8.77. The average molecular weight is 1160 g/mol. The molecule has 14 N–H and O–H groups in total. The molecule has 1 aromatic heterocycles. The van der Waals surface area contributed by atoms with Gasteiger partial charge in [-0.3, -0.25) is 33.6 Å². The van der Waals surface area contributed by atoms with Crippen LogP contribution >= 0.6 is 21.6 Å². The molecule has 1 aliphatic heterocycles. The molecule has 1 fully saturated rings. The van der Waals surface area contributed by atoms with Crippen LogP contribution in [0.1, 0.15) is 62.8 Å². The lowest BCUT2D eigenvalue weighted by atomic mass is 9.97. The number of carboxylic acids is 1. The zero-order valence-electron chi connectivity index (χ0n) is 46.1. The molecule has 5 aromatic carbocycles. The molecule has 0 saturated carbocycles. The van der Waals surface area contributed by atoms with Crippen LogP contribution in [0.25, 0.3) is 21.7 Å². The molecular weight excluding hydrogens is 1080 g/mol. The van der Waals surface area contributed by atoms with Gasteiger partial charge in [0.1, 0.15) is 48.0 Å². The minimum atomic E-state index is -1.47. The van der Waals surface area contributed by atoms with Crippen molar-refractivity contribution in [2.45, 2.75) is 119 Å². The number of para-hydroxylation sites is 1. The van der Waals surface area contributed by atoms with E-state index in [4.69, 9.17) is 11.5 Å². The SMILES string of the molecule is CC(C)[C@H](NC(=O)[C@@H]1CSSC(C)(C)[C@@H](NC(=O)[C@@H](N)Cc2cccc3ccccc23)C(=O)N[C@@H](Cc2ccccc2)C(=O)N[C@H](Cc2c[nH]c3ccccc23)C(=O)N[C@@H](CCCN)C(=O)N[C@@H](Cc2ccc(O)cc2)C(=O)N1)C(=O)O. The second-order valence-corrected chi connectivity index (χ2v) is 24.3. The van der Waals surface area contributed by atoms with E-state index in [1.54, 1.807) is 76.4 Å². The second kappa shape index (κ2) is 28.7. The summed E-state index contributed by atoms with van der Waals surface area (Å²) in [6.07, 6.45) is 1.68. The number of hydrogen-bond acceptors (Lipinski definition) is 13. The van der Waals surface area contributed by atoms with Gasteiger partial charge in [-0.05, 0) is 96.8 Å². The Morgan fingerprint density at radius 3 is 1.89 bits per heavy atom. The van der Waals surface area contributed by atoms with Crippen LogP contribution in [-0.2, 0) is 64.0 Å². The van der Waals surface area contributed by atoms with Crippen LogP contribution < -0.4 is 48.7 Å². The van der Waals surface area contributed by atoms with E-state index >= 15 is 9.59 Å². The Morgan fingerprint density at radius 2 is 1.23 bits per heavy atom. The number of aromatic nitrogens is 1. The summed E-state index contributed by atoms with van der Waals surface area (Å²) in [4.78, 5) is 119. The van der Waals surface area contributed by atoms with Crippen molar-refractivity contribution in [2.75, 3.05) is 12.3 Å². The maximum Gasteiger partial charge on any atom is 0.326 e. The molecule has 1 aliphatic rings. The predicted octanol–water partition coefficient (Wildman–Crippen LogP) is 3.67. The number of carbonyl (C=O) groups is 8. The largest absolute Gasteiger partial charge is 0.508 e. The number of fused-ring (bicyclic) bond motifs is 2. The van der Waals surface area contributed by atoms with Gasteiger partial charge in [0.05, 0.1) is 6.04 Å². The number of carboxylic acid groups (broad SMARTS) is 1. The molecule has 0 bridgehead atoms. The van der Waals surface area contributed by atoms with E-state index in [9.17, 15) is 39.0 Å². The Hall–Kier alpha value is -7.92. The highest BCUT2D eigenvalue weighted by atomic mass is 33.1. The van der Waals surface area contributed by atoms with E-state index in [0.29, 0.717) is 16.7 Å². The molecule has 2 heterocycles. The van der Waals surface area contributed by atoms with Gasteiger partial charge in [0.15, 0.2) is 0 Å². The van der Waals surface area contributed by atoms with Crippen molar-refractivity contribution in [3.63, 3.8) is 0 Å². The summed E-state index contributed by atoms with van der Waals surface area (Å²) < 4.78 is -1.32. The van der Waals surface area contributed by atoms with Crippen LogP contribution in [0, 0.1) is 5.92 Å². The number of rotatable bonds is 17. The van der Waals surface area contributed by atoms with Crippen LogP contribution in [0.15, 0.2) is 128 Å². The summed E-state index contributed by atoms with van der Waals surface area (Å²) in [5, 5.41) is 42.4. The Balaban J connectivity index is 1.32. The third kappa shape index (κ3) is 16.6. The van der Waals surface area contributed by atoms with Crippen molar-refractivity contribution >= 4 is 90.6 Å². The van der Waals surface area contributed by atoms with Crippen LogP contribution in [0.2, 0.25) is 0 Å². The van der Waals surface area contributed by atoms with Crippen molar-refractivity contribution in [2.24, 2.45) is 17.4 Å². The fourth-order valence-electron chi connectivity index (χ4n) is 9.66. The molecule has 0 unspecified atom stereocenters. The molecule has 8 atom stereocenters. The Morgan fingerprint density at radius 1 is 0.671 bits per heavy atom. The van der Waals surface area contributed by atoms with Crippen LogP contribution in [0.3, 0.4) is 0 Å². The molecule has 20 nitrogen and oxygen atoms in total. The Kier molecular flexibility index (Phi) is 21.6. The number of carbonyl (C=O) groups excluding carboxylic acids is 7. The number of nitrogens with two attached hydrogens (primary N) is 2. The van der Waals surface area contributed by atoms with Crippen molar-refractivity contribution in [3.05, 3.63) is 150 Å². The topological polar surface area (TPSA) is 329 Å². The third-order valence-corrected chi connectivity index (χ3v) is 17.6. The molecular formula is C60H72N10O10S2. The average Bonchev–Trinajstić information content (AvgIpc) is 3.96. The Bertz CT molecular complexity index is 3230. The van der Waals surface area contributed by atoms with E-state index in [2.05, 4.69) is 42.2 Å². The first-order chi connectivity index (χ1) is 39.2. The van der Waals surface area contributed by atoms with E-state index in [-0.39, 0.29) is 56.6 Å². The van der Waals surface area contributed by atoms with Crippen molar-refractivity contribution in [1.29, 1.82) is 0 Å². The number of amides is 7. The maximum atomic E-state index is 15.2. The number of phenolic OH excluding ortho intramolecular Hbond substituents is 1. The number of aromatic hydroxyl groups is 1.